The summed E-state index contributed by atoms with van der Waals surface area (Å²) in [5.74, 6) is 0.143. The SMILES string of the molecule is Cc1cccc(N2CCNC(C)(C)C2=O)c1. The van der Waals surface area contributed by atoms with E-state index in [-0.39, 0.29) is 5.91 Å². The van der Waals surface area contributed by atoms with Gasteiger partial charge in [0.15, 0.2) is 0 Å². The molecule has 3 heteroatoms. The molecule has 1 aliphatic rings. The first kappa shape index (κ1) is 11.1. The lowest BCUT2D eigenvalue weighted by Crippen LogP contribution is -2.61. The molecule has 0 aromatic heterocycles. The van der Waals surface area contributed by atoms with Crippen LogP contribution < -0.4 is 10.2 Å². The highest BCUT2D eigenvalue weighted by molar-refractivity contribution is 6.00. The average Bonchev–Trinajstić information content (AvgIpc) is 2.22. The fraction of sp³-hybridized carbons (Fsp3) is 0.462. The van der Waals surface area contributed by atoms with E-state index in [4.69, 9.17) is 0 Å². The van der Waals surface area contributed by atoms with Gasteiger partial charge in [-0.15, -0.1) is 0 Å². The van der Waals surface area contributed by atoms with Crippen molar-refractivity contribution < 1.29 is 4.79 Å². The van der Waals surface area contributed by atoms with Gasteiger partial charge in [0.05, 0.1) is 5.54 Å². The number of piperazine rings is 1. The molecule has 1 aromatic rings. The molecular weight excluding hydrogens is 200 g/mol. The van der Waals surface area contributed by atoms with Crippen molar-refractivity contribution in [3.8, 4) is 0 Å². The molecule has 1 amide bonds. The number of carbonyl (C=O) groups excluding carboxylic acids is 1. The Hall–Kier alpha value is -1.35. The molecule has 0 saturated carbocycles. The lowest BCUT2D eigenvalue weighted by Gasteiger charge is -2.38. The van der Waals surface area contributed by atoms with E-state index >= 15 is 0 Å². The molecule has 3 nitrogen and oxygen atoms in total. The zero-order valence-corrected chi connectivity index (χ0v) is 10.1. The average molecular weight is 218 g/mol. The molecule has 2 rings (SSSR count). The summed E-state index contributed by atoms with van der Waals surface area (Å²) < 4.78 is 0. The monoisotopic (exact) mass is 218 g/mol. The predicted molar refractivity (Wildman–Crippen MR) is 65.6 cm³/mol. The Morgan fingerprint density at radius 1 is 1.38 bits per heavy atom. The second kappa shape index (κ2) is 3.91. The topological polar surface area (TPSA) is 32.3 Å². The summed E-state index contributed by atoms with van der Waals surface area (Å²) in [5, 5.41) is 3.23. The minimum absolute atomic E-state index is 0.143. The number of hydrogen-bond acceptors (Lipinski definition) is 2. The molecule has 0 bridgehead atoms. The first-order chi connectivity index (χ1) is 7.50. The van der Waals surface area contributed by atoms with Crippen molar-refractivity contribution in [2.24, 2.45) is 0 Å². The van der Waals surface area contributed by atoms with Gasteiger partial charge in [-0.2, -0.15) is 0 Å². The maximum absolute atomic E-state index is 12.2. The van der Waals surface area contributed by atoms with Gasteiger partial charge in [0.1, 0.15) is 0 Å². The lowest BCUT2D eigenvalue weighted by molar-refractivity contribution is -0.124. The minimum atomic E-state index is -0.456. The van der Waals surface area contributed by atoms with Gasteiger partial charge in [0, 0.05) is 18.8 Å². The summed E-state index contributed by atoms with van der Waals surface area (Å²) in [7, 11) is 0. The molecule has 0 spiro atoms. The quantitative estimate of drug-likeness (QED) is 0.778. The van der Waals surface area contributed by atoms with Gasteiger partial charge in [0.25, 0.3) is 0 Å². The summed E-state index contributed by atoms with van der Waals surface area (Å²) in [5.41, 5.74) is 1.73. The Bertz CT molecular complexity index is 412. The van der Waals surface area contributed by atoms with Gasteiger partial charge in [-0.1, -0.05) is 12.1 Å². The highest BCUT2D eigenvalue weighted by Gasteiger charge is 2.35. The summed E-state index contributed by atoms with van der Waals surface area (Å²) >= 11 is 0. The van der Waals surface area contributed by atoms with E-state index in [1.807, 2.05) is 43.9 Å². The predicted octanol–water partition coefficient (Wildman–Crippen LogP) is 1.71. The van der Waals surface area contributed by atoms with Crippen LogP contribution in [0.5, 0.6) is 0 Å². The molecule has 1 fully saturated rings. The van der Waals surface area contributed by atoms with Crippen molar-refractivity contribution >= 4 is 11.6 Å². The van der Waals surface area contributed by atoms with Crippen molar-refractivity contribution in [2.45, 2.75) is 26.3 Å². The van der Waals surface area contributed by atoms with E-state index in [1.54, 1.807) is 0 Å². The van der Waals surface area contributed by atoms with Crippen LogP contribution in [0, 0.1) is 6.92 Å². The first-order valence-corrected chi connectivity index (χ1v) is 5.64. The zero-order chi connectivity index (χ0) is 11.8. The number of rotatable bonds is 1. The van der Waals surface area contributed by atoms with E-state index in [1.165, 1.54) is 5.56 Å². The van der Waals surface area contributed by atoms with Gasteiger partial charge in [0.2, 0.25) is 5.91 Å². The fourth-order valence-electron chi connectivity index (χ4n) is 2.04. The largest absolute Gasteiger partial charge is 0.310 e. The van der Waals surface area contributed by atoms with E-state index in [0.29, 0.717) is 0 Å². The number of amides is 1. The molecule has 0 unspecified atom stereocenters. The van der Waals surface area contributed by atoms with E-state index in [9.17, 15) is 4.79 Å². The third kappa shape index (κ3) is 1.95. The number of carbonyl (C=O) groups is 1. The lowest BCUT2D eigenvalue weighted by atomic mass is 10.00. The van der Waals surface area contributed by atoms with Crippen LogP contribution in [0.2, 0.25) is 0 Å². The van der Waals surface area contributed by atoms with Crippen molar-refractivity contribution in [3.63, 3.8) is 0 Å². The fourth-order valence-corrected chi connectivity index (χ4v) is 2.04. The van der Waals surface area contributed by atoms with E-state index < -0.39 is 5.54 Å². The number of benzene rings is 1. The van der Waals surface area contributed by atoms with Gasteiger partial charge >= 0.3 is 0 Å². The maximum Gasteiger partial charge on any atom is 0.246 e. The molecule has 1 saturated heterocycles. The molecule has 1 heterocycles. The molecule has 1 aliphatic heterocycles. The second-order valence-corrected chi connectivity index (χ2v) is 4.85. The van der Waals surface area contributed by atoms with Crippen LogP contribution in [0.4, 0.5) is 5.69 Å². The summed E-state index contributed by atoms with van der Waals surface area (Å²) in [6.07, 6.45) is 0. The number of nitrogens with zero attached hydrogens (tertiary/aromatic N) is 1. The summed E-state index contributed by atoms with van der Waals surface area (Å²) in [4.78, 5) is 14.1. The van der Waals surface area contributed by atoms with Crippen molar-refractivity contribution in [1.29, 1.82) is 0 Å². The smallest absolute Gasteiger partial charge is 0.246 e. The van der Waals surface area contributed by atoms with Crippen molar-refractivity contribution in [1.82, 2.24) is 5.32 Å². The molecule has 0 aliphatic carbocycles. The van der Waals surface area contributed by atoms with Gasteiger partial charge in [-0.3, -0.25) is 4.79 Å². The third-order valence-electron chi connectivity index (χ3n) is 3.00. The summed E-state index contributed by atoms with van der Waals surface area (Å²) in [6, 6.07) is 8.08. The minimum Gasteiger partial charge on any atom is -0.310 e. The van der Waals surface area contributed by atoms with Crippen LogP contribution in [-0.2, 0) is 4.79 Å². The normalized spacial score (nSPS) is 19.9. The van der Waals surface area contributed by atoms with Crippen molar-refractivity contribution in [2.75, 3.05) is 18.0 Å². The number of anilines is 1. The highest BCUT2D eigenvalue weighted by atomic mass is 16.2. The molecule has 0 atom stereocenters. The number of aryl methyl sites for hydroxylation is 1. The maximum atomic E-state index is 12.2. The second-order valence-electron chi connectivity index (χ2n) is 4.85. The number of hydrogen-bond donors (Lipinski definition) is 1. The van der Waals surface area contributed by atoms with Crippen LogP contribution in [0.3, 0.4) is 0 Å². The molecule has 86 valence electrons. The van der Waals surface area contributed by atoms with E-state index in [0.717, 1.165) is 18.8 Å². The zero-order valence-electron chi connectivity index (χ0n) is 10.1. The van der Waals surface area contributed by atoms with Gasteiger partial charge in [-0.05, 0) is 38.5 Å². The Morgan fingerprint density at radius 3 is 2.81 bits per heavy atom. The Kier molecular flexibility index (Phi) is 2.72. The van der Waals surface area contributed by atoms with Crippen LogP contribution in [0.25, 0.3) is 0 Å². The van der Waals surface area contributed by atoms with Gasteiger partial charge < -0.3 is 10.2 Å². The first-order valence-electron chi connectivity index (χ1n) is 5.64. The summed E-state index contributed by atoms with van der Waals surface area (Å²) in [6.45, 7) is 7.48. The highest BCUT2D eigenvalue weighted by Crippen LogP contribution is 2.21. The third-order valence-corrected chi connectivity index (χ3v) is 3.00. The Balaban J connectivity index is 2.31. The van der Waals surface area contributed by atoms with Crippen LogP contribution in [0.15, 0.2) is 24.3 Å². The van der Waals surface area contributed by atoms with Crippen LogP contribution in [-0.4, -0.2) is 24.5 Å². The molecule has 0 radical (unpaired) electrons. The van der Waals surface area contributed by atoms with Crippen molar-refractivity contribution in [3.05, 3.63) is 29.8 Å². The Morgan fingerprint density at radius 2 is 2.12 bits per heavy atom. The van der Waals surface area contributed by atoms with Gasteiger partial charge in [-0.25, -0.2) is 0 Å². The Labute approximate surface area is 96.5 Å². The molecular formula is C13H18N2O. The molecule has 1 aromatic carbocycles. The number of nitrogens with one attached hydrogen (secondary N) is 1. The molecule has 16 heavy (non-hydrogen) atoms. The standard InChI is InChI=1S/C13H18N2O/c1-10-5-4-6-11(9-10)15-8-7-14-13(2,3)12(15)16/h4-6,9,14H,7-8H2,1-3H3. The van der Waals surface area contributed by atoms with Crippen LogP contribution >= 0.6 is 0 Å². The molecule has 1 N–H and O–H groups in total. The van der Waals surface area contributed by atoms with Crippen LogP contribution in [0.1, 0.15) is 19.4 Å². The van der Waals surface area contributed by atoms with E-state index in [2.05, 4.69) is 11.4 Å².